The van der Waals surface area contributed by atoms with Crippen molar-refractivity contribution in [2.24, 2.45) is 5.73 Å². The predicted octanol–water partition coefficient (Wildman–Crippen LogP) is 1.88. The average Bonchev–Trinajstić information content (AvgIpc) is 2.60. The van der Waals surface area contributed by atoms with Crippen LogP contribution in [0.3, 0.4) is 0 Å². The number of methoxy groups -OCH3 is 1. The monoisotopic (exact) mass is 348 g/mol. The third-order valence-electron chi connectivity index (χ3n) is 4.43. The number of carbonyl (C=O) groups excluding carboxylic acids is 1. The zero-order chi connectivity index (χ0) is 17.3. The maximum Gasteiger partial charge on any atom is 0.244 e. The number of nitrogens with zero attached hydrogens (tertiary/aromatic N) is 1. The summed E-state index contributed by atoms with van der Waals surface area (Å²) in [5, 5.41) is 1.29. The molecule has 0 spiro atoms. The van der Waals surface area contributed by atoms with Crippen LogP contribution >= 0.6 is 0 Å². The van der Waals surface area contributed by atoms with Gasteiger partial charge in [0, 0.05) is 17.3 Å². The van der Waals surface area contributed by atoms with E-state index in [-0.39, 0.29) is 4.90 Å². The number of sulfonamides is 1. The number of primary amides is 1. The van der Waals surface area contributed by atoms with E-state index in [4.69, 9.17) is 10.5 Å². The van der Waals surface area contributed by atoms with Gasteiger partial charge in [-0.3, -0.25) is 4.79 Å². The second-order valence-corrected chi connectivity index (χ2v) is 7.70. The summed E-state index contributed by atoms with van der Waals surface area (Å²) in [6.45, 7) is 0.302. The van der Waals surface area contributed by atoms with Crippen LogP contribution in [0.5, 0.6) is 5.75 Å². The second kappa shape index (κ2) is 6.41. The number of ether oxygens (including phenoxy) is 1. The highest BCUT2D eigenvalue weighted by molar-refractivity contribution is 7.89. The van der Waals surface area contributed by atoms with E-state index >= 15 is 0 Å². The van der Waals surface area contributed by atoms with Crippen LogP contribution < -0.4 is 10.5 Å². The molecule has 0 bridgehead atoms. The molecular formula is C17H20N2O4S. The normalized spacial score (nSPS) is 19.3. The largest absolute Gasteiger partial charge is 0.496 e. The molecule has 1 unspecified atom stereocenters. The second-order valence-electron chi connectivity index (χ2n) is 5.84. The van der Waals surface area contributed by atoms with Crippen LogP contribution in [-0.4, -0.2) is 38.3 Å². The Bertz CT molecular complexity index is 879. The molecule has 0 saturated carbocycles. The Labute approximate surface area is 141 Å². The van der Waals surface area contributed by atoms with E-state index in [2.05, 4.69) is 0 Å². The Morgan fingerprint density at radius 3 is 2.54 bits per heavy atom. The lowest BCUT2D eigenvalue weighted by Crippen LogP contribution is -2.50. The van der Waals surface area contributed by atoms with Crippen molar-refractivity contribution in [3.63, 3.8) is 0 Å². The Kier molecular flexibility index (Phi) is 4.47. The summed E-state index contributed by atoms with van der Waals surface area (Å²) >= 11 is 0. The maximum absolute atomic E-state index is 13.2. The van der Waals surface area contributed by atoms with Crippen LogP contribution in [-0.2, 0) is 14.8 Å². The van der Waals surface area contributed by atoms with Crippen LogP contribution in [0.4, 0.5) is 0 Å². The Hall–Kier alpha value is -2.12. The topological polar surface area (TPSA) is 89.7 Å². The molecule has 7 heteroatoms. The summed E-state index contributed by atoms with van der Waals surface area (Å²) in [6, 6.07) is 9.55. The van der Waals surface area contributed by atoms with E-state index in [1.54, 1.807) is 25.3 Å². The van der Waals surface area contributed by atoms with Crippen molar-refractivity contribution in [2.75, 3.05) is 13.7 Å². The lowest BCUT2D eigenvalue weighted by atomic mass is 10.0. The number of hydrogen-bond acceptors (Lipinski definition) is 4. The number of piperidine rings is 1. The summed E-state index contributed by atoms with van der Waals surface area (Å²) in [4.78, 5) is 11.9. The summed E-state index contributed by atoms with van der Waals surface area (Å²) in [7, 11) is -2.29. The van der Waals surface area contributed by atoms with E-state index < -0.39 is 22.0 Å². The van der Waals surface area contributed by atoms with E-state index in [0.29, 0.717) is 29.5 Å². The van der Waals surface area contributed by atoms with Crippen molar-refractivity contribution in [2.45, 2.75) is 30.2 Å². The van der Waals surface area contributed by atoms with E-state index in [0.717, 1.165) is 12.8 Å². The molecule has 1 aliphatic heterocycles. The quantitative estimate of drug-likeness (QED) is 0.913. The lowest BCUT2D eigenvalue weighted by Gasteiger charge is -2.32. The highest BCUT2D eigenvalue weighted by Crippen LogP contribution is 2.34. The first kappa shape index (κ1) is 16.7. The van der Waals surface area contributed by atoms with E-state index in [9.17, 15) is 13.2 Å². The number of hydrogen-bond donors (Lipinski definition) is 1. The molecule has 0 radical (unpaired) electrons. The van der Waals surface area contributed by atoms with Gasteiger partial charge in [-0.25, -0.2) is 8.42 Å². The molecule has 2 aromatic rings. The van der Waals surface area contributed by atoms with Crippen LogP contribution in [0.25, 0.3) is 10.8 Å². The molecule has 1 saturated heterocycles. The molecule has 1 amide bonds. The fourth-order valence-corrected chi connectivity index (χ4v) is 5.11. The predicted molar refractivity (Wildman–Crippen MR) is 91.2 cm³/mol. The SMILES string of the molecule is COc1ccc(S(=O)(=O)N2CCCCC2C(N)=O)c2ccccc12. The van der Waals surface area contributed by atoms with Gasteiger partial charge in [0.15, 0.2) is 0 Å². The molecule has 6 nitrogen and oxygen atoms in total. The first-order valence-electron chi connectivity index (χ1n) is 7.83. The van der Waals surface area contributed by atoms with Gasteiger partial charge in [-0.15, -0.1) is 0 Å². The summed E-state index contributed by atoms with van der Waals surface area (Å²) in [5.41, 5.74) is 5.43. The van der Waals surface area contributed by atoms with Crippen molar-refractivity contribution >= 4 is 26.7 Å². The lowest BCUT2D eigenvalue weighted by molar-refractivity contribution is -0.122. The molecule has 2 aromatic carbocycles. The van der Waals surface area contributed by atoms with E-state index in [1.165, 1.54) is 10.4 Å². The minimum atomic E-state index is -3.83. The number of benzene rings is 2. The molecule has 1 fully saturated rings. The number of amides is 1. The Morgan fingerprint density at radius 1 is 1.17 bits per heavy atom. The standard InChI is InChI=1S/C17H20N2O4S/c1-23-15-9-10-16(13-7-3-2-6-12(13)15)24(21,22)19-11-5-4-8-14(19)17(18)20/h2-3,6-7,9-10,14H,4-5,8,11H2,1H3,(H2,18,20). The van der Waals surface area contributed by atoms with Gasteiger partial charge in [0.05, 0.1) is 12.0 Å². The molecule has 128 valence electrons. The van der Waals surface area contributed by atoms with Crippen molar-refractivity contribution in [1.82, 2.24) is 4.31 Å². The Morgan fingerprint density at radius 2 is 1.88 bits per heavy atom. The minimum Gasteiger partial charge on any atom is -0.496 e. The first-order chi connectivity index (χ1) is 11.5. The number of nitrogens with two attached hydrogens (primary N) is 1. The van der Waals surface area contributed by atoms with Gasteiger partial charge in [-0.1, -0.05) is 30.7 Å². The molecule has 0 aliphatic carbocycles. The minimum absolute atomic E-state index is 0.173. The average molecular weight is 348 g/mol. The molecule has 1 atom stereocenters. The van der Waals surface area contributed by atoms with Crippen LogP contribution in [0.2, 0.25) is 0 Å². The maximum atomic E-state index is 13.2. The highest BCUT2D eigenvalue weighted by atomic mass is 32.2. The van der Waals surface area contributed by atoms with Gasteiger partial charge >= 0.3 is 0 Å². The zero-order valence-electron chi connectivity index (χ0n) is 13.4. The van der Waals surface area contributed by atoms with Crippen LogP contribution in [0, 0.1) is 0 Å². The van der Waals surface area contributed by atoms with Gasteiger partial charge in [0.2, 0.25) is 15.9 Å². The van der Waals surface area contributed by atoms with Crippen molar-refractivity contribution < 1.29 is 17.9 Å². The fraction of sp³-hybridized carbons (Fsp3) is 0.353. The molecule has 0 aromatic heterocycles. The molecule has 2 N–H and O–H groups in total. The molecular weight excluding hydrogens is 328 g/mol. The van der Waals surface area contributed by atoms with Crippen LogP contribution in [0.15, 0.2) is 41.3 Å². The third kappa shape index (κ3) is 2.74. The number of rotatable bonds is 4. The van der Waals surface area contributed by atoms with Gasteiger partial charge in [-0.05, 0) is 25.0 Å². The smallest absolute Gasteiger partial charge is 0.244 e. The zero-order valence-corrected chi connectivity index (χ0v) is 14.3. The molecule has 24 heavy (non-hydrogen) atoms. The first-order valence-corrected chi connectivity index (χ1v) is 9.27. The fourth-order valence-electron chi connectivity index (χ4n) is 3.25. The van der Waals surface area contributed by atoms with Crippen LogP contribution in [0.1, 0.15) is 19.3 Å². The highest BCUT2D eigenvalue weighted by Gasteiger charge is 2.37. The number of fused-ring (bicyclic) bond motifs is 1. The van der Waals surface area contributed by atoms with Gasteiger partial charge in [-0.2, -0.15) is 4.31 Å². The molecule has 3 rings (SSSR count). The van der Waals surface area contributed by atoms with E-state index in [1.807, 2.05) is 12.1 Å². The molecule has 1 heterocycles. The van der Waals surface area contributed by atoms with Gasteiger partial charge in [0.1, 0.15) is 11.8 Å². The van der Waals surface area contributed by atoms with Gasteiger partial charge in [0.25, 0.3) is 0 Å². The van der Waals surface area contributed by atoms with Gasteiger partial charge < -0.3 is 10.5 Å². The van der Waals surface area contributed by atoms with Crippen molar-refractivity contribution in [3.05, 3.63) is 36.4 Å². The Balaban J connectivity index is 2.17. The van der Waals surface area contributed by atoms with Crippen molar-refractivity contribution in [1.29, 1.82) is 0 Å². The summed E-state index contributed by atoms with van der Waals surface area (Å²) < 4.78 is 32.9. The third-order valence-corrected chi connectivity index (χ3v) is 6.40. The summed E-state index contributed by atoms with van der Waals surface area (Å²) in [6.07, 6.45) is 1.97. The summed E-state index contributed by atoms with van der Waals surface area (Å²) in [5.74, 6) is 0.00531. The number of carbonyl (C=O) groups is 1. The molecule has 1 aliphatic rings. The van der Waals surface area contributed by atoms with Crippen molar-refractivity contribution in [3.8, 4) is 5.75 Å².